The van der Waals surface area contributed by atoms with Gasteiger partial charge in [-0.3, -0.25) is 24.0 Å². The first-order valence-corrected chi connectivity index (χ1v) is 11.4. The molecule has 1 heterocycles. The third-order valence-electron chi connectivity index (χ3n) is 5.94. The van der Waals surface area contributed by atoms with Gasteiger partial charge in [0.1, 0.15) is 0 Å². The second kappa shape index (κ2) is 13.5. The summed E-state index contributed by atoms with van der Waals surface area (Å²) in [5, 5.41) is 5.76. The van der Waals surface area contributed by atoms with Crippen LogP contribution in [0.4, 0.5) is 0 Å². The van der Waals surface area contributed by atoms with Crippen molar-refractivity contribution in [3.63, 3.8) is 0 Å². The SMILES string of the molecule is CCC(C)C(=O)NCNC(=O)C(C)CCC(CCC(C)C(N)=O)C(=O)ON1C(=O)CCC1=O. The van der Waals surface area contributed by atoms with Gasteiger partial charge in [0, 0.05) is 30.6 Å². The van der Waals surface area contributed by atoms with Crippen molar-refractivity contribution in [3.8, 4) is 0 Å². The molecule has 1 fully saturated rings. The minimum Gasteiger partial charge on any atom is -0.369 e. The summed E-state index contributed by atoms with van der Waals surface area (Å²) in [4.78, 5) is 76.6. The van der Waals surface area contributed by atoms with Crippen molar-refractivity contribution in [2.24, 2.45) is 29.4 Å². The Morgan fingerprint density at radius 2 is 1.36 bits per heavy atom. The van der Waals surface area contributed by atoms with Crippen LogP contribution in [0.15, 0.2) is 0 Å². The van der Waals surface area contributed by atoms with Gasteiger partial charge in [-0.25, -0.2) is 4.79 Å². The van der Waals surface area contributed by atoms with E-state index in [2.05, 4.69) is 10.6 Å². The quantitative estimate of drug-likeness (QED) is 0.250. The fourth-order valence-electron chi connectivity index (χ4n) is 3.13. The van der Waals surface area contributed by atoms with Crippen LogP contribution in [0.5, 0.6) is 0 Å². The van der Waals surface area contributed by atoms with Crippen LogP contribution in [0.2, 0.25) is 0 Å². The van der Waals surface area contributed by atoms with Crippen molar-refractivity contribution >= 4 is 35.5 Å². The van der Waals surface area contributed by atoms with Gasteiger partial charge in [-0.15, -0.1) is 5.06 Å². The van der Waals surface area contributed by atoms with Crippen molar-refractivity contribution < 1.29 is 33.6 Å². The van der Waals surface area contributed by atoms with Crippen LogP contribution >= 0.6 is 0 Å². The highest BCUT2D eigenvalue weighted by Gasteiger charge is 2.35. The Labute approximate surface area is 194 Å². The molecule has 4 N–H and O–H groups in total. The van der Waals surface area contributed by atoms with E-state index in [1.54, 1.807) is 20.8 Å². The standard InChI is InChI=1S/C22H36N4O7/c1-5-13(2)20(30)24-12-25-21(31)15(4)7-9-16(8-6-14(3)19(23)29)22(32)33-26-17(27)10-11-18(26)28/h13-16H,5-12H2,1-4H3,(H2,23,29)(H,24,30)(H,25,31). The number of carbonyl (C=O) groups is 6. The Morgan fingerprint density at radius 1 is 0.879 bits per heavy atom. The molecule has 1 rings (SSSR count). The van der Waals surface area contributed by atoms with Gasteiger partial charge in [-0.05, 0) is 32.1 Å². The number of carbonyl (C=O) groups excluding carboxylic acids is 6. The van der Waals surface area contributed by atoms with Gasteiger partial charge in [-0.2, -0.15) is 0 Å². The number of nitrogens with one attached hydrogen (secondary N) is 2. The summed E-state index contributed by atoms with van der Waals surface area (Å²) in [7, 11) is 0. The number of primary amides is 1. The lowest BCUT2D eigenvalue weighted by Gasteiger charge is -2.21. The molecule has 4 unspecified atom stereocenters. The number of imide groups is 1. The summed E-state index contributed by atoms with van der Waals surface area (Å²) in [6, 6.07) is 0. The topological polar surface area (TPSA) is 165 Å². The molecule has 0 spiro atoms. The van der Waals surface area contributed by atoms with E-state index >= 15 is 0 Å². The largest absolute Gasteiger partial charge is 0.369 e. The van der Waals surface area contributed by atoms with E-state index in [0.717, 1.165) is 0 Å². The lowest BCUT2D eigenvalue weighted by molar-refractivity contribution is -0.201. The van der Waals surface area contributed by atoms with Crippen LogP contribution in [-0.2, 0) is 33.6 Å². The molecule has 1 aliphatic rings. The highest BCUT2D eigenvalue weighted by molar-refractivity contribution is 6.01. The lowest BCUT2D eigenvalue weighted by atomic mass is 9.90. The Bertz CT molecular complexity index is 739. The second-order valence-electron chi connectivity index (χ2n) is 8.62. The Balaban J connectivity index is 2.64. The predicted molar refractivity (Wildman–Crippen MR) is 117 cm³/mol. The number of amides is 5. The summed E-state index contributed by atoms with van der Waals surface area (Å²) in [6.07, 6.45) is 1.79. The molecule has 33 heavy (non-hydrogen) atoms. The molecule has 0 aliphatic carbocycles. The normalized spacial score (nSPS) is 17.2. The number of hydroxylamine groups is 2. The smallest absolute Gasteiger partial charge is 0.336 e. The molecule has 186 valence electrons. The summed E-state index contributed by atoms with van der Waals surface area (Å²) < 4.78 is 0. The fraction of sp³-hybridized carbons (Fsp3) is 0.727. The van der Waals surface area contributed by atoms with Gasteiger partial charge in [0.25, 0.3) is 11.8 Å². The van der Waals surface area contributed by atoms with Gasteiger partial charge in [0.05, 0.1) is 12.6 Å². The zero-order chi connectivity index (χ0) is 25.1. The highest BCUT2D eigenvalue weighted by Crippen LogP contribution is 2.23. The predicted octanol–water partition coefficient (Wildman–Crippen LogP) is 0.764. The zero-order valence-corrected chi connectivity index (χ0v) is 19.8. The summed E-state index contributed by atoms with van der Waals surface area (Å²) >= 11 is 0. The van der Waals surface area contributed by atoms with Gasteiger partial charge in [0.15, 0.2) is 0 Å². The average Bonchev–Trinajstić information content (AvgIpc) is 3.09. The Morgan fingerprint density at radius 3 is 1.85 bits per heavy atom. The first-order chi connectivity index (χ1) is 15.5. The highest BCUT2D eigenvalue weighted by atomic mass is 16.7. The van der Waals surface area contributed by atoms with E-state index in [9.17, 15) is 28.8 Å². The maximum atomic E-state index is 12.7. The van der Waals surface area contributed by atoms with Crippen LogP contribution in [0.3, 0.4) is 0 Å². The van der Waals surface area contributed by atoms with E-state index in [4.69, 9.17) is 10.6 Å². The summed E-state index contributed by atoms with van der Waals surface area (Å²) in [5.74, 6) is -4.67. The number of hydrogen-bond acceptors (Lipinski definition) is 7. The van der Waals surface area contributed by atoms with E-state index in [0.29, 0.717) is 24.3 Å². The molecule has 11 heteroatoms. The molecule has 0 saturated carbocycles. The van der Waals surface area contributed by atoms with E-state index < -0.39 is 41.4 Å². The van der Waals surface area contributed by atoms with E-state index in [1.165, 1.54) is 0 Å². The minimum atomic E-state index is -0.760. The number of rotatable bonds is 14. The first-order valence-electron chi connectivity index (χ1n) is 11.4. The van der Waals surface area contributed by atoms with Gasteiger partial charge >= 0.3 is 5.97 Å². The number of nitrogens with zero attached hydrogens (tertiary/aromatic N) is 1. The third kappa shape index (κ3) is 9.19. The second-order valence-corrected chi connectivity index (χ2v) is 8.62. The van der Waals surface area contributed by atoms with Gasteiger partial charge in [0.2, 0.25) is 17.7 Å². The number of nitrogens with two attached hydrogens (primary N) is 1. The van der Waals surface area contributed by atoms with Crippen LogP contribution < -0.4 is 16.4 Å². The molecule has 0 aromatic carbocycles. The molecular formula is C22H36N4O7. The van der Waals surface area contributed by atoms with Crippen molar-refractivity contribution in [2.75, 3.05) is 6.67 Å². The van der Waals surface area contributed by atoms with Crippen LogP contribution in [0.25, 0.3) is 0 Å². The van der Waals surface area contributed by atoms with Gasteiger partial charge in [-0.1, -0.05) is 27.7 Å². The van der Waals surface area contributed by atoms with Gasteiger partial charge < -0.3 is 21.2 Å². The summed E-state index contributed by atoms with van der Waals surface area (Å²) in [6.45, 7) is 7.02. The maximum Gasteiger partial charge on any atom is 0.336 e. The molecular weight excluding hydrogens is 432 g/mol. The molecule has 0 radical (unpaired) electrons. The van der Waals surface area contributed by atoms with Crippen molar-refractivity contribution in [2.45, 2.75) is 72.6 Å². The molecule has 0 aromatic heterocycles. The van der Waals surface area contributed by atoms with Crippen molar-refractivity contribution in [1.29, 1.82) is 0 Å². The Kier molecular flexibility index (Phi) is 11.5. The van der Waals surface area contributed by atoms with E-state index in [1.807, 2.05) is 6.92 Å². The maximum absolute atomic E-state index is 12.7. The molecule has 11 nitrogen and oxygen atoms in total. The number of hydrogen-bond donors (Lipinski definition) is 3. The average molecular weight is 469 g/mol. The van der Waals surface area contributed by atoms with Crippen LogP contribution in [0, 0.1) is 23.7 Å². The molecule has 0 aromatic rings. The van der Waals surface area contributed by atoms with Crippen LogP contribution in [0.1, 0.15) is 72.6 Å². The van der Waals surface area contributed by atoms with Crippen LogP contribution in [-0.4, -0.2) is 47.2 Å². The first kappa shape index (κ1) is 28.1. The monoisotopic (exact) mass is 468 g/mol. The van der Waals surface area contributed by atoms with Crippen molar-refractivity contribution in [1.82, 2.24) is 15.7 Å². The van der Waals surface area contributed by atoms with Crippen molar-refractivity contribution in [3.05, 3.63) is 0 Å². The molecule has 5 amide bonds. The third-order valence-corrected chi connectivity index (χ3v) is 5.94. The van der Waals surface area contributed by atoms with E-state index in [-0.39, 0.29) is 50.1 Å². The lowest BCUT2D eigenvalue weighted by Crippen LogP contribution is -2.41. The molecule has 0 bridgehead atoms. The Hall–Kier alpha value is -2.98. The molecule has 4 atom stereocenters. The molecule has 1 saturated heterocycles. The minimum absolute atomic E-state index is 0.00707. The fourth-order valence-corrected chi connectivity index (χ4v) is 3.13. The zero-order valence-electron chi connectivity index (χ0n) is 19.8. The summed E-state index contributed by atoms with van der Waals surface area (Å²) in [5.41, 5.74) is 5.29. The molecule has 1 aliphatic heterocycles.